The van der Waals surface area contributed by atoms with Gasteiger partial charge in [0.25, 0.3) is 5.91 Å². The van der Waals surface area contributed by atoms with Crippen molar-refractivity contribution in [3.8, 4) is 0 Å². The molecule has 140 valence electrons. The summed E-state index contributed by atoms with van der Waals surface area (Å²) in [5, 5.41) is 8.55. The van der Waals surface area contributed by atoms with Crippen LogP contribution in [0.15, 0.2) is 12.1 Å². The fourth-order valence-corrected chi connectivity index (χ4v) is 4.06. The Morgan fingerprint density at radius 3 is 2.48 bits per heavy atom. The van der Waals surface area contributed by atoms with E-state index in [1.807, 2.05) is 13.8 Å². The maximum atomic E-state index is 14.2. The highest BCUT2D eigenvalue weighted by Crippen LogP contribution is 2.44. The van der Waals surface area contributed by atoms with Crippen molar-refractivity contribution in [2.24, 2.45) is 5.41 Å². The van der Waals surface area contributed by atoms with E-state index in [2.05, 4.69) is 4.90 Å². The Bertz CT molecular complexity index is 601. The van der Waals surface area contributed by atoms with E-state index in [1.165, 1.54) is 37.6 Å². The average Bonchev–Trinajstić information content (AvgIpc) is 3.01. The molecule has 1 saturated heterocycles. The minimum Gasteiger partial charge on any atom is -0.298 e. The SMILES string of the molecule is CC.O=C(NO)c1cc(F)c(CN2CCC3(CCCCC3)C2)cc1F. The molecule has 3 rings (SSSR count). The van der Waals surface area contributed by atoms with Crippen molar-refractivity contribution < 1.29 is 18.8 Å². The van der Waals surface area contributed by atoms with Crippen LogP contribution in [-0.2, 0) is 6.54 Å². The van der Waals surface area contributed by atoms with Crippen molar-refractivity contribution in [3.05, 3.63) is 34.9 Å². The fourth-order valence-electron chi connectivity index (χ4n) is 4.06. The highest BCUT2D eigenvalue weighted by atomic mass is 19.1. The number of hydrogen-bond acceptors (Lipinski definition) is 3. The number of halogens is 2. The standard InChI is InChI=1S/C17H22F2N2O2.C2H6/c18-14-9-13(16(22)20-23)15(19)8-12(14)10-21-7-6-17(11-21)4-2-1-3-5-17;1-2/h8-9,23H,1-7,10-11H2,(H,20,22);1-2H3. The molecular formula is C19H28F2N2O2. The van der Waals surface area contributed by atoms with Gasteiger partial charge in [-0.15, -0.1) is 0 Å². The minimum absolute atomic E-state index is 0.254. The van der Waals surface area contributed by atoms with E-state index in [9.17, 15) is 13.6 Å². The first kappa shape index (κ1) is 19.8. The molecule has 1 spiro atoms. The van der Waals surface area contributed by atoms with Crippen LogP contribution in [0.1, 0.15) is 68.3 Å². The summed E-state index contributed by atoms with van der Waals surface area (Å²) < 4.78 is 28.1. The van der Waals surface area contributed by atoms with Crippen molar-refractivity contribution >= 4 is 5.91 Å². The molecule has 1 aromatic rings. The summed E-state index contributed by atoms with van der Waals surface area (Å²) in [4.78, 5) is 13.4. The van der Waals surface area contributed by atoms with Crippen molar-refractivity contribution in [1.29, 1.82) is 0 Å². The van der Waals surface area contributed by atoms with Crippen molar-refractivity contribution in [2.45, 2.75) is 58.9 Å². The Labute approximate surface area is 148 Å². The normalized spacial score (nSPS) is 19.4. The molecule has 25 heavy (non-hydrogen) atoms. The molecule has 6 heteroatoms. The third kappa shape index (κ3) is 4.55. The summed E-state index contributed by atoms with van der Waals surface area (Å²) in [7, 11) is 0. The fraction of sp³-hybridized carbons (Fsp3) is 0.632. The van der Waals surface area contributed by atoms with Gasteiger partial charge in [-0.1, -0.05) is 33.1 Å². The topological polar surface area (TPSA) is 52.6 Å². The summed E-state index contributed by atoms with van der Waals surface area (Å²) in [5.74, 6) is -2.48. The number of nitrogens with one attached hydrogen (secondary N) is 1. The number of rotatable bonds is 3. The lowest BCUT2D eigenvalue weighted by Gasteiger charge is -2.33. The predicted octanol–water partition coefficient (Wildman–Crippen LogP) is 4.27. The van der Waals surface area contributed by atoms with Crippen molar-refractivity contribution in [3.63, 3.8) is 0 Å². The molecule has 0 atom stereocenters. The number of carbonyl (C=O) groups excluding carboxylic acids is 1. The first-order chi connectivity index (χ1) is 12.0. The summed E-state index contributed by atoms with van der Waals surface area (Å²) in [6.07, 6.45) is 7.42. The van der Waals surface area contributed by atoms with Crippen molar-refractivity contribution in [1.82, 2.24) is 10.4 Å². The van der Waals surface area contributed by atoms with Crippen LogP contribution in [0, 0.1) is 17.0 Å². The van der Waals surface area contributed by atoms with Gasteiger partial charge in [0.2, 0.25) is 0 Å². The molecule has 2 fully saturated rings. The quantitative estimate of drug-likeness (QED) is 0.630. The van der Waals surface area contributed by atoms with Gasteiger partial charge < -0.3 is 0 Å². The second-order valence-corrected chi connectivity index (χ2v) is 6.89. The molecule has 0 aromatic heterocycles. The van der Waals surface area contributed by atoms with Gasteiger partial charge in [-0.2, -0.15) is 0 Å². The number of hydroxylamine groups is 1. The van der Waals surface area contributed by atoms with E-state index in [-0.39, 0.29) is 5.56 Å². The van der Waals surface area contributed by atoms with Crippen LogP contribution in [0.25, 0.3) is 0 Å². The Morgan fingerprint density at radius 1 is 1.16 bits per heavy atom. The van der Waals surface area contributed by atoms with Gasteiger partial charge in [-0.25, -0.2) is 14.3 Å². The number of benzene rings is 1. The zero-order valence-corrected chi connectivity index (χ0v) is 15.1. The Kier molecular flexibility index (Phi) is 6.90. The van der Waals surface area contributed by atoms with Crippen LogP contribution >= 0.6 is 0 Å². The number of hydrogen-bond donors (Lipinski definition) is 2. The highest BCUT2D eigenvalue weighted by Gasteiger charge is 2.38. The van der Waals surface area contributed by atoms with E-state index in [4.69, 9.17) is 5.21 Å². The monoisotopic (exact) mass is 354 g/mol. The van der Waals surface area contributed by atoms with Gasteiger partial charge in [0.05, 0.1) is 5.56 Å². The minimum atomic E-state index is -1.05. The van der Waals surface area contributed by atoms with Gasteiger partial charge in [0.15, 0.2) is 0 Å². The van der Waals surface area contributed by atoms with Crippen LogP contribution in [0.4, 0.5) is 8.78 Å². The molecule has 0 bridgehead atoms. The lowest BCUT2D eigenvalue weighted by Crippen LogP contribution is -2.29. The van der Waals surface area contributed by atoms with Gasteiger partial charge in [0, 0.05) is 18.7 Å². The number of nitrogens with zero attached hydrogens (tertiary/aromatic N) is 1. The second-order valence-electron chi connectivity index (χ2n) is 6.89. The molecule has 1 saturated carbocycles. The van der Waals surface area contributed by atoms with Gasteiger partial charge in [-0.3, -0.25) is 14.9 Å². The van der Waals surface area contributed by atoms with Crippen LogP contribution < -0.4 is 5.48 Å². The second kappa shape index (κ2) is 8.72. The number of amides is 1. The molecule has 1 amide bonds. The smallest absolute Gasteiger partial charge is 0.277 e. The highest BCUT2D eigenvalue weighted by molar-refractivity contribution is 5.93. The van der Waals surface area contributed by atoms with Crippen LogP contribution in [0.5, 0.6) is 0 Å². The molecule has 1 aliphatic carbocycles. The Hall–Kier alpha value is -1.53. The molecular weight excluding hydrogens is 326 g/mol. The van der Waals surface area contributed by atoms with Crippen molar-refractivity contribution in [2.75, 3.05) is 13.1 Å². The molecule has 1 aliphatic heterocycles. The van der Waals surface area contributed by atoms with Gasteiger partial charge in [-0.05, 0) is 43.4 Å². The first-order valence-corrected chi connectivity index (χ1v) is 9.18. The van der Waals surface area contributed by atoms with Crippen LogP contribution in [0.2, 0.25) is 0 Å². The molecule has 0 radical (unpaired) electrons. The largest absolute Gasteiger partial charge is 0.298 e. The lowest BCUT2D eigenvalue weighted by molar-refractivity contribution is 0.0701. The van der Waals surface area contributed by atoms with E-state index >= 15 is 0 Å². The van der Waals surface area contributed by atoms with E-state index < -0.39 is 23.1 Å². The zero-order valence-electron chi connectivity index (χ0n) is 15.1. The van der Waals surface area contributed by atoms with Gasteiger partial charge in [0.1, 0.15) is 11.6 Å². The summed E-state index contributed by atoms with van der Waals surface area (Å²) in [6, 6.07) is 1.91. The third-order valence-electron chi connectivity index (χ3n) is 5.31. The molecule has 1 heterocycles. The molecule has 1 aromatic carbocycles. The van der Waals surface area contributed by atoms with E-state index in [0.717, 1.165) is 31.6 Å². The molecule has 0 unspecified atom stereocenters. The van der Waals surface area contributed by atoms with E-state index in [0.29, 0.717) is 12.0 Å². The lowest BCUT2D eigenvalue weighted by atomic mass is 9.73. The summed E-state index contributed by atoms with van der Waals surface area (Å²) in [6.45, 7) is 6.19. The summed E-state index contributed by atoms with van der Waals surface area (Å²) >= 11 is 0. The number of likely N-dealkylation sites (tertiary alicyclic amines) is 1. The summed E-state index contributed by atoms with van der Waals surface area (Å²) in [5.41, 5.74) is 1.46. The average molecular weight is 354 g/mol. The number of carbonyl (C=O) groups is 1. The van der Waals surface area contributed by atoms with E-state index in [1.54, 1.807) is 0 Å². The Balaban J connectivity index is 0.00000109. The van der Waals surface area contributed by atoms with Crippen LogP contribution in [-0.4, -0.2) is 29.1 Å². The van der Waals surface area contributed by atoms with Gasteiger partial charge >= 0.3 is 0 Å². The molecule has 2 N–H and O–H groups in total. The van der Waals surface area contributed by atoms with Crippen LogP contribution in [0.3, 0.4) is 0 Å². The predicted molar refractivity (Wildman–Crippen MR) is 92.4 cm³/mol. The first-order valence-electron chi connectivity index (χ1n) is 9.18. The maximum Gasteiger partial charge on any atom is 0.277 e. The Morgan fingerprint density at radius 2 is 1.84 bits per heavy atom. The zero-order chi connectivity index (χ0) is 18.4. The maximum absolute atomic E-state index is 14.2. The molecule has 2 aliphatic rings. The molecule has 4 nitrogen and oxygen atoms in total. The third-order valence-corrected chi connectivity index (χ3v) is 5.31.